The molecule has 6 aromatic rings. The molecule has 0 radical (unpaired) electrons. The smallest absolute Gasteiger partial charge is 0.135 e. The van der Waals surface area contributed by atoms with E-state index < -0.39 is 0 Å². The fourth-order valence-corrected chi connectivity index (χ4v) is 9.14. The van der Waals surface area contributed by atoms with Gasteiger partial charge in [-0.15, -0.1) is 0 Å². The molecular formula is C47H52N2O8. The molecule has 0 saturated heterocycles. The van der Waals surface area contributed by atoms with E-state index in [2.05, 4.69) is 17.6 Å². The molecule has 10 nitrogen and oxygen atoms in total. The number of aryl methyl sites for hydroxylation is 2. The van der Waals surface area contributed by atoms with Gasteiger partial charge in [-0.1, -0.05) is 26.0 Å². The monoisotopic (exact) mass is 772 g/mol. The maximum atomic E-state index is 12.4. The predicted molar refractivity (Wildman–Crippen MR) is 226 cm³/mol. The summed E-state index contributed by atoms with van der Waals surface area (Å²) < 4.78 is 11.8. The van der Waals surface area contributed by atoms with Crippen LogP contribution < -0.4 is 20.1 Å². The summed E-state index contributed by atoms with van der Waals surface area (Å²) in [6.45, 7) is 14.3. The van der Waals surface area contributed by atoms with Crippen molar-refractivity contribution in [3.8, 4) is 79.4 Å². The molecule has 2 aliphatic heterocycles. The van der Waals surface area contributed by atoms with Gasteiger partial charge in [0.2, 0.25) is 0 Å². The van der Waals surface area contributed by atoms with E-state index in [1.807, 2.05) is 65.8 Å². The first-order valence-electron chi connectivity index (χ1n) is 19.6. The SMILES string of the molecule is CC.COc1cc(C)cc2c(-c3c(O)cc(O)c4c3C[C@@H](C)NC4)cc(-c3cc(-c4c(O)cc(O)c5c4C[C@@H](C)NC5C)c4cc(C)cc(OC)c4c3O)c(O)c12. The van der Waals surface area contributed by atoms with E-state index in [-0.39, 0.29) is 63.7 Å². The number of benzene rings is 6. The van der Waals surface area contributed by atoms with Gasteiger partial charge in [-0.25, -0.2) is 0 Å². The molecule has 0 aromatic heterocycles. The highest BCUT2D eigenvalue weighted by atomic mass is 16.5. The van der Waals surface area contributed by atoms with Gasteiger partial charge in [-0.2, -0.15) is 0 Å². The normalized spacial score (nSPS) is 17.5. The van der Waals surface area contributed by atoms with Crippen molar-refractivity contribution >= 4 is 21.5 Å². The number of ether oxygens (including phenoxy) is 2. The van der Waals surface area contributed by atoms with E-state index in [9.17, 15) is 30.6 Å². The van der Waals surface area contributed by atoms with Crippen LogP contribution in [0.4, 0.5) is 0 Å². The van der Waals surface area contributed by atoms with Crippen LogP contribution in [0.25, 0.3) is 54.9 Å². The molecule has 3 atom stereocenters. The number of rotatable bonds is 5. The lowest BCUT2D eigenvalue weighted by atomic mass is 9.81. The number of hydrogen-bond donors (Lipinski definition) is 8. The molecule has 0 fully saturated rings. The van der Waals surface area contributed by atoms with Crippen LogP contribution in [-0.4, -0.2) is 56.9 Å². The van der Waals surface area contributed by atoms with E-state index in [4.69, 9.17) is 9.47 Å². The van der Waals surface area contributed by atoms with Crippen LogP contribution in [0.1, 0.15) is 74.0 Å². The maximum Gasteiger partial charge on any atom is 0.135 e. The fraction of sp³-hybridized carbons (Fsp3) is 0.319. The van der Waals surface area contributed by atoms with Crippen LogP contribution in [0.5, 0.6) is 46.0 Å². The summed E-state index contributed by atoms with van der Waals surface area (Å²) in [5, 5.41) is 79.2. The topological polar surface area (TPSA) is 164 Å². The molecule has 0 amide bonds. The molecule has 298 valence electrons. The van der Waals surface area contributed by atoms with Gasteiger partial charge in [-0.05, 0) is 116 Å². The summed E-state index contributed by atoms with van der Waals surface area (Å²) in [7, 11) is 3.06. The molecule has 8 N–H and O–H groups in total. The third-order valence-electron chi connectivity index (χ3n) is 11.5. The van der Waals surface area contributed by atoms with E-state index in [0.29, 0.717) is 85.8 Å². The third-order valence-corrected chi connectivity index (χ3v) is 11.5. The van der Waals surface area contributed by atoms with Crippen molar-refractivity contribution < 1.29 is 40.1 Å². The van der Waals surface area contributed by atoms with Crippen LogP contribution in [-0.2, 0) is 19.4 Å². The van der Waals surface area contributed by atoms with Crippen LogP contribution in [0.2, 0.25) is 0 Å². The Kier molecular flexibility index (Phi) is 10.3. The van der Waals surface area contributed by atoms with Crippen molar-refractivity contribution in [3.63, 3.8) is 0 Å². The minimum absolute atomic E-state index is 0.0113. The van der Waals surface area contributed by atoms with Gasteiger partial charge in [0, 0.05) is 70.2 Å². The second-order valence-electron chi connectivity index (χ2n) is 15.3. The van der Waals surface area contributed by atoms with E-state index in [1.54, 1.807) is 12.1 Å². The zero-order valence-electron chi connectivity index (χ0n) is 34.0. The lowest BCUT2D eigenvalue weighted by molar-refractivity contribution is 0.402. The zero-order valence-corrected chi connectivity index (χ0v) is 34.0. The minimum atomic E-state index is -0.206. The van der Waals surface area contributed by atoms with Crippen molar-refractivity contribution in [2.75, 3.05) is 14.2 Å². The van der Waals surface area contributed by atoms with E-state index >= 15 is 0 Å². The molecule has 0 saturated carbocycles. The number of phenolic OH excluding ortho intramolecular Hbond substituents is 6. The van der Waals surface area contributed by atoms with Gasteiger partial charge in [0.25, 0.3) is 0 Å². The zero-order chi connectivity index (χ0) is 41.2. The second kappa shape index (κ2) is 14.9. The van der Waals surface area contributed by atoms with Crippen molar-refractivity contribution in [3.05, 3.63) is 81.9 Å². The van der Waals surface area contributed by atoms with Crippen LogP contribution in [0.15, 0.2) is 48.5 Å². The van der Waals surface area contributed by atoms with E-state index in [0.717, 1.165) is 22.3 Å². The Morgan fingerprint density at radius 3 is 1.53 bits per heavy atom. The van der Waals surface area contributed by atoms with Gasteiger partial charge in [0.15, 0.2) is 0 Å². The Bertz CT molecular complexity index is 2600. The number of methoxy groups -OCH3 is 2. The number of nitrogens with one attached hydrogen (secondary N) is 2. The van der Waals surface area contributed by atoms with Crippen molar-refractivity contribution in [1.82, 2.24) is 10.6 Å². The summed E-state index contributed by atoms with van der Waals surface area (Å²) in [5.74, 6) is 0.199. The first kappa shape index (κ1) is 39.4. The molecule has 8 rings (SSSR count). The lowest BCUT2D eigenvalue weighted by Gasteiger charge is -2.32. The molecule has 2 heterocycles. The van der Waals surface area contributed by atoms with Gasteiger partial charge >= 0.3 is 0 Å². The highest BCUT2D eigenvalue weighted by Gasteiger charge is 2.32. The lowest BCUT2D eigenvalue weighted by Crippen LogP contribution is -2.36. The van der Waals surface area contributed by atoms with Crippen molar-refractivity contribution in [2.24, 2.45) is 0 Å². The summed E-state index contributed by atoms with van der Waals surface area (Å²) in [6, 6.07) is 13.6. The fourth-order valence-electron chi connectivity index (χ4n) is 9.14. The standard InChI is InChI=1S/C45H46N2O8.C2H6/c1-19-8-24-27(40-26-12-21(3)46-18-32(26)33(48)16-35(40)50)14-29(44(52)42(24)37(10-19)54-6)30-15-28(25-9-20(2)11-38(55-7)43(25)45(30)53)41-31-13-22(4)47-23(5)39(31)34(49)17-36(41)51;1-2/h8-11,14-17,21-23,46-53H,12-13,18H2,1-7H3;1-2H3/t21-,22-,23?;/m1./s1. The van der Waals surface area contributed by atoms with Crippen molar-refractivity contribution in [2.45, 2.75) is 86.0 Å². The highest BCUT2D eigenvalue weighted by molar-refractivity contribution is 6.13. The molecule has 2 aliphatic rings. The van der Waals surface area contributed by atoms with Crippen molar-refractivity contribution in [1.29, 1.82) is 0 Å². The summed E-state index contributed by atoms with van der Waals surface area (Å²) in [6.07, 6.45) is 1.03. The summed E-state index contributed by atoms with van der Waals surface area (Å²) in [4.78, 5) is 0. The van der Waals surface area contributed by atoms with Gasteiger partial charge < -0.3 is 50.7 Å². The third kappa shape index (κ3) is 6.37. The minimum Gasteiger partial charge on any atom is -0.507 e. The molecular weight excluding hydrogens is 721 g/mol. The number of fused-ring (bicyclic) bond motifs is 4. The Morgan fingerprint density at radius 1 is 0.544 bits per heavy atom. The number of hydrogen-bond acceptors (Lipinski definition) is 10. The Balaban J connectivity index is 0.00000244. The van der Waals surface area contributed by atoms with Crippen LogP contribution in [0, 0.1) is 13.8 Å². The first-order valence-corrected chi connectivity index (χ1v) is 19.6. The van der Waals surface area contributed by atoms with E-state index in [1.165, 1.54) is 26.4 Å². The Hall–Kier alpha value is -5.84. The molecule has 6 aromatic carbocycles. The molecule has 57 heavy (non-hydrogen) atoms. The molecule has 0 aliphatic carbocycles. The predicted octanol–water partition coefficient (Wildman–Crippen LogP) is 9.52. The average Bonchev–Trinajstić information content (AvgIpc) is 3.16. The molecule has 1 unspecified atom stereocenters. The average molecular weight is 773 g/mol. The first-order chi connectivity index (χ1) is 27.2. The molecule has 10 heteroatoms. The number of aromatic hydroxyl groups is 6. The van der Waals surface area contributed by atoms with Gasteiger partial charge in [0.05, 0.1) is 25.0 Å². The molecule has 0 spiro atoms. The Morgan fingerprint density at radius 2 is 1.02 bits per heavy atom. The summed E-state index contributed by atoms with van der Waals surface area (Å²) in [5.41, 5.74) is 7.28. The highest BCUT2D eigenvalue weighted by Crippen LogP contribution is 2.55. The summed E-state index contributed by atoms with van der Waals surface area (Å²) >= 11 is 0. The largest absolute Gasteiger partial charge is 0.507 e. The van der Waals surface area contributed by atoms with Crippen LogP contribution >= 0.6 is 0 Å². The maximum absolute atomic E-state index is 12.4. The Labute approximate surface area is 333 Å². The number of phenols is 6. The van der Waals surface area contributed by atoms with Crippen LogP contribution in [0.3, 0.4) is 0 Å². The van der Waals surface area contributed by atoms with Gasteiger partial charge in [-0.3, -0.25) is 0 Å². The second-order valence-corrected chi connectivity index (χ2v) is 15.3. The molecule has 0 bridgehead atoms. The quantitative estimate of drug-likeness (QED) is 0.0847. The van der Waals surface area contributed by atoms with Gasteiger partial charge in [0.1, 0.15) is 46.0 Å².